The maximum absolute atomic E-state index is 5.94. The second kappa shape index (κ2) is 6.56. The van der Waals surface area contributed by atoms with Gasteiger partial charge in [0, 0.05) is 22.0 Å². The number of benzene rings is 1. The molecule has 0 saturated heterocycles. The zero-order chi connectivity index (χ0) is 13.8. The molecule has 19 heavy (non-hydrogen) atoms. The van der Waals surface area contributed by atoms with Crippen molar-refractivity contribution in [3.05, 3.63) is 57.2 Å². The van der Waals surface area contributed by atoms with Crippen LogP contribution >= 0.6 is 22.9 Å². The van der Waals surface area contributed by atoms with Crippen molar-refractivity contribution in [2.45, 2.75) is 32.9 Å². The molecule has 0 amide bonds. The Morgan fingerprint density at radius 1 is 1.05 bits per heavy atom. The average Bonchev–Trinajstić information content (AvgIpc) is 2.89. The van der Waals surface area contributed by atoms with Gasteiger partial charge in [-0.1, -0.05) is 43.6 Å². The van der Waals surface area contributed by atoms with E-state index in [-0.39, 0.29) is 0 Å². The molecule has 1 heterocycles. The molecule has 1 nitrogen and oxygen atoms in total. The van der Waals surface area contributed by atoms with E-state index in [2.05, 4.69) is 55.7 Å². The predicted molar refractivity (Wildman–Crippen MR) is 84.9 cm³/mol. The number of nitrogens with one attached hydrogen (secondary N) is 1. The number of halogens is 1. The maximum atomic E-state index is 5.94. The largest absolute Gasteiger partial charge is 0.302 e. The fourth-order valence-corrected chi connectivity index (χ4v) is 3.27. The highest BCUT2D eigenvalue weighted by Gasteiger charge is 2.19. The Morgan fingerprint density at radius 2 is 1.74 bits per heavy atom. The van der Waals surface area contributed by atoms with Gasteiger partial charge in [-0.3, -0.25) is 0 Å². The van der Waals surface area contributed by atoms with Crippen molar-refractivity contribution in [2.75, 3.05) is 0 Å². The predicted octanol–water partition coefficient (Wildman–Crippen LogP) is 5.45. The van der Waals surface area contributed by atoms with Crippen LogP contribution < -0.4 is 5.32 Å². The van der Waals surface area contributed by atoms with Gasteiger partial charge < -0.3 is 5.32 Å². The molecule has 2 aromatic rings. The van der Waals surface area contributed by atoms with Crippen molar-refractivity contribution in [2.24, 2.45) is 5.92 Å². The molecule has 1 aromatic heterocycles. The summed E-state index contributed by atoms with van der Waals surface area (Å²) in [5, 5.41) is 6.65. The maximum Gasteiger partial charge on any atom is 0.0442 e. The molecule has 2 atom stereocenters. The summed E-state index contributed by atoms with van der Waals surface area (Å²) in [5.74, 6) is 0.563. The van der Waals surface area contributed by atoms with Gasteiger partial charge in [-0.05, 0) is 42.0 Å². The van der Waals surface area contributed by atoms with Crippen molar-refractivity contribution in [3.63, 3.8) is 0 Å². The van der Waals surface area contributed by atoms with Crippen LogP contribution in [0.5, 0.6) is 0 Å². The lowest BCUT2D eigenvalue weighted by Gasteiger charge is -2.26. The molecule has 102 valence electrons. The molecule has 0 aliphatic heterocycles. The molecule has 3 heteroatoms. The fourth-order valence-electron chi connectivity index (χ4n) is 2.19. The summed E-state index contributed by atoms with van der Waals surface area (Å²) in [4.78, 5) is 1.40. The van der Waals surface area contributed by atoms with E-state index in [1.165, 1.54) is 10.4 Å². The highest BCUT2D eigenvalue weighted by molar-refractivity contribution is 7.10. The molecule has 0 saturated carbocycles. The average molecular weight is 294 g/mol. The van der Waals surface area contributed by atoms with E-state index < -0.39 is 0 Å². The van der Waals surface area contributed by atoms with Gasteiger partial charge in [-0.25, -0.2) is 0 Å². The number of hydrogen-bond acceptors (Lipinski definition) is 2. The summed E-state index contributed by atoms with van der Waals surface area (Å²) in [6.07, 6.45) is 0. The third kappa shape index (κ3) is 3.82. The SMILES string of the molecule is CC(C)C(N[C@@H](C)c1ccc(Cl)cc1)c1cccs1. The van der Waals surface area contributed by atoms with Crippen LogP contribution in [0.2, 0.25) is 5.02 Å². The van der Waals surface area contributed by atoms with Gasteiger partial charge >= 0.3 is 0 Å². The molecule has 2 rings (SSSR count). The second-order valence-electron chi connectivity index (χ2n) is 5.18. The van der Waals surface area contributed by atoms with Gasteiger partial charge in [0.1, 0.15) is 0 Å². The summed E-state index contributed by atoms with van der Waals surface area (Å²) in [7, 11) is 0. The van der Waals surface area contributed by atoms with Crippen molar-refractivity contribution < 1.29 is 0 Å². The Morgan fingerprint density at radius 3 is 2.26 bits per heavy atom. The first-order chi connectivity index (χ1) is 9.08. The van der Waals surface area contributed by atoms with E-state index in [0.29, 0.717) is 18.0 Å². The number of hydrogen-bond donors (Lipinski definition) is 1. The first kappa shape index (κ1) is 14.6. The van der Waals surface area contributed by atoms with Gasteiger partial charge in [0.05, 0.1) is 0 Å². The minimum absolute atomic E-state index is 0.312. The highest BCUT2D eigenvalue weighted by Crippen LogP contribution is 2.29. The summed E-state index contributed by atoms with van der Waals surface area (Å²) in [6, 6.07) is 13.1. The summed E-state index contributed by atoms with van der Waals surface area (Å²) >= 11 is 7.75. The van der Waals surface area contributed by atoms with E-state index in [0.717, 1.165) is 5.02 Å². The van der Waals surface area contributed by atoms with Crippen LogP contribution in [0, 0.1) is 5.92 Å². The molecular weight excluding hydrogens is 274 g/mol. The Bertz CT molecular complexity index is 490. The van der Waals surface area contributed by atoms with Gasteiger partial charge in [0.15, 0.2) is 0 Å². The van der Waals surface area contributed by atoms with Crippen LogP contribution in [0.1, 0.15) is 43.3 Å². The van der Waals surface area contributed by atoms with E-state index >= 15 is 0 Å². The molecule has 0 bridgehead atoms. The normalized spacial score (nSPS) is 14.6. The molecular formula is C16H20ClNS. The first-order valence-electron chi connectivity index (χ1n) is 6.63. The zero-order valence-corrected chi connectivity index (χ0v) is 13.1. The van der Waals surface area contributed by atoms with Crippen molar-refractivity contribution in [3.8, 4) is 0 Å². The first-order valence-corrected chi connectivity index (χ1v) is 7.88. The monoisotopic (exact) mass is 293 g/mol. The lowest BCUT2D eigenvalue weighted by Crippen LogP contribution is -2.27. The molecule has 0 radical (unpaired) electrons. The highest BCUT2D eigenvalue weighted by atomic mass is 35.5. The molecule has 0 aliphatic rings. The summed E-state index contributed by atoms with van der Waals surface area (Å²) in [5.41, 5.74) is 1.27. The second-order valence-corrected chi connectivity index (χ2v) is 6.59. The third-order valence-corrected chi connectivity index (χ3v) is 4.52. The summed E-state index contributed by atoms with van der Waals surface area (Å²) < 4.78 is 0. The molecule has 0 aliphatic carbocycles. The van der Waals surface area contributed by atoms with Crippen LogP contribution in [0.4, 0.5) is 0 Å². The summed E-state index contributed by atoms with van der Waals surface area (Å²) in [6.45, 7) is 6.71. The molecule has 1 N–H and O–H groups in total. The van der Waals surface area contributed by atoms with E-state index in [9.17, 15) is 0 Å². The minimum Gasteiger partial charge on any atom is -0.302 e. The van der Waals surface area contributed by atoms with Crippen molar-refractivity contribution in [1.29, 1.82) is 0 Å². The van der Waals surface area contributed by atoms with E-state index in [4.69, 9.17) is 11.6 Å². The van der Waals surface area contributed by atoms with Crippen molar-refractivity contribution >= 4 is 22.9 Å². The topological polar surface area (TPSA) is 12.0 Å². The molecule has 0 fully saturated rings. The number of rotatable bonds is 5. The Labute approximate surface area is 124 Å². The molecule has 1 aromatic carbocycles. The Hall–Kier alpha value is -0.830. The van der Waals surface area contributed by atoms with Crippen LogP contribution in [0.3, 0.4) is 0 Å². The van der Waals surface area contributed by atoms with Crippen LogP contribution in [-0.4, -0.2) is 0 Å². The lowest BCUT2D eigenvalue weighted by atomic mass is 10.00. The van der Waals surface area contributed by atoms with Gasteiger partial charge in [-0.2, -0.15) is 0 Å². The van der Waals surface area contributed by atoms with Gasteiger partial charge in [-0.15, -0.1) is 11.3 Å². The van der Waals surface area contributed by atoms with Crippen LogP contribution in [0.15, 0.2) is 41.8 Å². The Balaban J connectivity index is 2.11. The molecule has 0 spiro atoms. The van der Waals surface area contributed by atoms with Crippen molar-refractivity contribution in [1.82, 2.24) is 5.32 Å². The quantitative estimate of drug-likeness (QED) is 0.773. The smallest absolute Gasteiger partial charge is 0.0442 e. The van der Waals surface area contributed by atoms with Gasteiger partial charge in [0.2, 0.25) is 0 Å². The van der Waals surface area contributed by atoms with E-state index in [1.54, 1.807) is 0 Å². The van der Waals surface area contributed by atoms with Crippen LogP contribution in [0.25, 0.3) is 0 Å². The lowest BCUT2D eigenvalue weighted by molar-refractivity contribution is 0.379. The number of thiophene rings is 1. The van der Waals surface area contributed by atoms with Gasteiger partial charge in [0.25, 0.3) is 0 Å². The van der Waals surface area contributed by atoms with E-state index in [1.807, 2.05) is 23.5 Å². The van der Waals surface area contributed by atoms with Crippen LogP contribution in [-0.2, 0) is 0 Å². The fraction of sp³-hybridized carbons (Fsp3) is 0.375. The minimum atomic E-state index is 0.312. The molecule has 1 unspecified atom stereocenters. The standard InChI is InChI=1S/C16H20ClNS/c1-11(2)16(15-5-4-10-19-15)18-12(3)13-6-8-14(17)9-7-13/h4-12,16,18H,1-3H3/t12-,16?/m0/s1. The third-order valence-electron chi connectivity index (χ3n) is 3.32. The Kier molecular flexibility index (Phi) is 5.03. The zero-order valence-electron chi connectivity index (χ0n) is 11.6.